The van der Waals surface area contributed by atoms with E-state index in [-0.39, 0.29) is 11.8 Å². The zero-order valence-electron chi connectivity index (χ0n) is 11.5. The summed E-state index contributed by atoms with van der Waals surface area (Å²) in [5.74, 6) is 0.329. The van der Waals surface area contributed by atoms with Crippen molar-refractivity contribution in [1.82, 2.24) is 5.32 Å². The Labute approximate surface area is 109 Å². The van der Waals surface area contributed by atoms with Crippen molar-refractivity contribution in [2.75, 3.05) is 18.4 Å². The maximum atomic E-state index is 12.2. The van der Waals surface area contributed by atoms with Crippen molar-refractivity contribution in [3.63, 3.8) is 0 Å². The fourth-order valence-electron chi connectivity index (χ4n) is 2.41. The smallest absolute Gasteiger partial charge is 0.227 e. The van der Waals surface area contributed by atoms with E-state index in [4.69, 9.17) is 0 Å². The molecule has 3 heteroatoms. The maximum Gasteiger partial charge on any atom is 0.227 e. The molecule has 0 aliphatic carbocycles. The van der Waals surface area contributed by atoms with Gasteiger partial charge in [-0.2, -0.15) is 0 Å². The molecule has 1 aromatic rings. The summed E-state index contributed by atoms with van der Waals surface area (Å²) in [5, 5.41) is 6.36. The topological polar surface area (TPSA) is 41.1 Å². The minimum atomic E-state index is 0.159. The summed E-state index contributed by atoms with van der Waals surface area (Å²) in [7, 11) is 0. The monoisotopic (exact) mass is 246 g/mol. The number of aryl methyl sites for hydroxylation is 3. The van der Waals surface area contributed by atoms with Gasteiger partial charge in [0.05, 0.1) is 0 Å². The lowest BCUT2D eigenvalue weighted by atomic mass is 9.96. The van der Waals surface area contributed by atoms with Crippen LogP contribution < -0.4 is 10.6 Å². The van der Waals surface area contributed by atoms with E-state index in [0.717, 1.165) is 37.2 Å². The highest BCUT2D eigenvalue weighted by atomic mass is 16.1. The van der Waals surface area contributed by atoms with Crippen LogP contribution in [0.2, 0.25) is 0 Å². The number of carbonyl (C=O) groups excluding carboxylic acids is 1. The van der Waals surface area contributed by atoms with Crippen molar-refractivity contribution < 1.29 is 4.79 Å². The molecule has 1 heterocycles. The van der Waals surface area contributed by atoms with Crippen molar-refractivity contribution >= 4 is 11.6 Å². The fourth-order valence-corrected chi connectivity index (χ4v) is 2.41. The lowest BCUT2D eigenvalue weighted by Gasteiger charge is -2.22. The van der Waals surface area contributed by atoms with E-state index >= 15 is 0 Å². The predicted molar refractivity (Wildman–Crippen MR) is 74.9 cm³/mol. The number of hydrogen-bond acceptors (Lipinski definition) is 2. The molecule has 1 fully saturated rings. The summed E-state index contributed by atoms with van der Waals surface area (Å²) >= 11 is 0. The molecule has 1 aromatic carbocycles. The van der Waals surface area contributed by atoms with Gasteiger partial charge in [0.25, 0.3) is 0 Å². The predicted octanol–water partition coefficient (Wildman–Crippen LogP) is 2.55. The number of piperidine rings is 1. The molecule has 18 heavy (non-hydrogen) atoms. The molecule has 1 amide bonds. The van der Waals surface area contributed by atoms with E-state index < -0.39 is 0 Å². The third-order valence-electron chi connectivity index (χ3n) is 3.81. The van der Waals surface area contributed by atoms with Gasteiger partial charge in [-0.15, -0.1) is 0 Å². The highest BCUT2D eigenvalue weighted by Crippen LogP contribution is 2.22. The first-order valence-electron chi connectivity index (χ1n) is 6.67. The van der Waals surface area contributed by atoms with Crippen molar-refractivity contribution in [1.29, 1.82) is 0 Å². The van der Waals surface area contributed by atoms with Crippen LogP contribution in [0.1, 0.15) is 29.5 Å². The van der Waals surface area contributed by atoms with Crippen LogP contribution in [-0.2, 0) is 4.79 Å². The Bertz CT molecular complexity index is 448. The summed E-state index contributed by atoms with van der Waals surface area (Å²) < 4.78 is 0. The van der Waals surface area contributed by atoms with E-state index in [0.29, 0.717) is 0 Å². The molecule has 0 spiro atoms. The van der Waals surface area contributed by atoms with Gasteiger partial charge in [0.2, 0.25) is 5.91 Å². The van der Waals surface area contributed by atoms with E-state index in [1.165, 1.54) is 11.1 Å². The summed E-state index contributed by atoms with van der Waals surface area (Å²) in [6, 6.07) is 4.21. The van der Waals surface area contributed by atoms with Crippen molar-refractivity contribution in [2.24, 2.45) is 5.92 Å². The second-order valence-corrected chi connectivity index (χ2v) is 5.26. The van der Waals surface area contributed by atoms with E-state index in [2.05, 4.69) is 36.6 Å². The standard InChI is InChI=1S/C15H22N2O/c1-10-8-12(3)14(9-11(10)2)17-15(18)13-4-6-16-7-5-13/h8-9,13,16H,4-7H2,1-3H3,(H,17,18). The average molecular weight is 246 g/mol. The summed E-state index contributed by atoms with van der Waals surface area (Å²) in [4.78, 5) is 12.2. The Kier molecular flexibility index (Phi) is 4.02. The fraction of sp³-hybridized carbons (Fsp3) is 0.533. The quantitative estimate of drug-likeness (QED) is 0.842. The number of amides is 1. The maximum absolute atomic E-state index is 12.2. The summed E-state index contributed by atoms with van der Waals surface area (Å²) in [6.45, 7) is 8.12. The van der Waals surface area contributed by atoms with E-state index in [9.17, 15) is 4.79 Å². The third-order valence-corrected chi connectivity index (χ3v) is 3.81. The molecule has 0 atom stereocenters. The molecular formula is C15H22N2O. The van der Waals surface area contributed by atoms with Gasteiger partial charge >= 0.3 is 0 Å². The zero-order chi connectivity index (χ0) is 13.1. The SMILES string of the molecule is Cc1cc(C)c(NC(=O)C2CCNCC2)cc1C. The second-order valence-electron chi connectivity index (χ2n) is 5.26. The van der Waals surface area contributed by atoms with Gasteiger partial charge in [0, 0.05) is 11.6 Å². The molecule has 1 aliphatic rings. The Morgan fingerprint density at radius 1 is 1.11 bits per heavy atom. The second kappa shape index (κ2) is 5.53. The van der Waals surface area contributed by atoms with Gasteiger partial charge in [-0.1, -0.05) is 6.07 Å². The van der Waals surface area contributed by atoms with Crippen molar-refractivity contribution in [2.45, 2.75) is 33.6 Å². The highest BCUT2D eigenvalue weighted by Gasteiger charge is 2.21. The Hall–Kier alpha value is -1.35. The Morgan fingerprint density at radius 3 is 2.39 bits per heavy atom. The van der Waals surface area contributed by atoms with Crippen LogP contribution in [0.5, 0.6) is 0 Å². The normalized spacial score (nSPS) is 16.6. The van der Waals surface area contributed by atoms with Crippen LogP contribution in [0.3, 0.4) is 0 Å². The van der Waals surface area contributed by atoms with Gasteiger partial charge in [-0.3, -0.25) is 4.79 Å². The van der Waals surface area contributed by atoms with Gasteiger partial charge in [0.15, 0.2) is 0 Å². The van der Waals surface area contributed by atoms with Gasteiger partial charge in [-0.05, 0) is 69.5 Å². The first-order chi connectivity index (χ1) is 8.58. The molecule has 0 bridgehead atoms. The minimum absolute atomic E-state index is 0.159. The van der Waals surface area contributed by atoms with Crippen LogP contribution in [0, 0.1) is 26.7 Å². The van der Waals surface area contributed by atoms with E-state index in [1.54, 1.807) is 0 Å². The Morgan fingerprint density at radius 2 is 1.72 bits per heavy atom. The Balaban J connectivity index is 2.08. The zero-order valence-corrected chi connectivity index (χ0v) is 11.5. The van der Waals surface area contributed by atoms with Gasteiger partial charge in [0.1, 0.15) is 0 Å². The number of benzene rings is 1. The first kappa shape index (κ1) is 13.1. The lowest BCUT2D eigenvalue weighted by molar-refractivity contribution is -0.120. The van der Waals surface area contributed by atoms with Gasteiger partial charge in [-0.25, -0.2) is 0 Å². The van der Waals surface area contributed by atoms with E-state index in [1.807, 2.05) is 6.92 Å². The third kappa shape index (κ3) is 2.91. The molecule has 0 unspecified atom stereocenters. The van der Waals surface area contributed by atoms with Crippen LogP contribution >= 0.6 is 0 Å². The minimum Gasteiger partial charge on any atom is -0.326 e. The molecule has 2 rings (SSSR count). The van der Waals surface area contributed by atoms with Crippen molar-refractivity contribution in [3.05, 3.63) is 28.8 Å². The molecule has 0 aromatic heterocycles. The number of nitrogens with one attached hydrogen (secondary N) is 2. The molecule has 2 N–H and O–H groups in total. The molecule has 3 nitrogen and oxygen atoms in total. The van der Waals surface area contributed by atoms with Crippen LogP contribution in [0.4, 0.5) is 5.69 Å². The van der Waals surface area contributed by atoms with Crippen LogP contribution in [0.25, 0.3) is 0 Å². The summed E-state index contributed by atoms with van der Waals surface area (Å²) in [5.41, 5.74) is 4.59. The lowest BCUT2D eigenvalue weighted by Crippen LogP contribution is -2.34. The first-order valence-corrected chi connectivity index (χ1v) is 6.67. The molecule has 0 radical (unpaired) electrons. The number of hydrogen-bond donors (Lipinski definition) is 2. The van der Waals surface area contributed by atoms with Crippen molar-refractivity contribution in [3.8, 4) is 0 Å². The largest absolute Gasteiger partial charge is 0.326 e. The molecule has 1 aliphatic heterocycles. The molecule has 0 saturated carbocycles. The number of anilines is 1. The number of carbonyl (C=O) groups is 1. The highest BCUT2D eigenvalue weighted by molar-refractivity contribution is 5.93. The number of rotatable bonds is 2. The van der Waals surface area contributed by atoms with Crippen LogP contribution in [0.15, 0.2) is 12.1 Å². The molecule has 98 valence electrons. The average Bonchev–Trinajstić information content (AvgIpc) is 2.37. The van der Waals surface area contributed by atoms with Crippen LogP contribution in [-0.4, -0.2) is 19.0 Å². The molecule has 1 saturated heterocycles. The summed E-state index contributed by atoms with van der Waals surface area (Å²) in [6.07, 6.45) is 1.88. The molecular weight excluding hydrogens is 224 g/mol. The van der Waals surface area contributed by atoms with Gasteiger partial charge < -0.3 is 10.6 Å².